The number of nitrogens with zero attached hydrogens (tertiary/aromatic N) is 2. The van der Waals surface area contributed by atoms with Crippen LogP contribution in [0.3, 0.4) is 0 Å². The Labute approximate surface area is 149 Å². The second kappa shape index (κ2) is 6.78. The molecule has 1 saturated heterocycles. The van der Waals surface area contributed by atoms with Gasteiger partial charge in [0.05, 0.1) is 4.90 Å². The van der Waals surface area contributed by atoms with Crippen LogP contribution in [-0.4, -0.2) is 31.0 Å². The fourth-order valence-electron chi connectivity index (χ4n) is 2.40. The highest BCUT2D eigenvalue weighted by Gasteiger charge is 2.34. The molecule has 3 rings (SSSR count). The van der Waals surface area contributed by atoms with E-state index in [2.05, 4.69) is 4.40 Å². The van der Waals surface area contributed by atoms with E-state index < -0.39 is 21.8 Å². The van der Waals surface area contributed by atoms with Gasteiger partial charge in [0.25, 0.3) is 10.0 Å². The summed E-state index contributed by atoms with van der Waals surface area (Å²) in [6.07, 6.45) is 0.0668. The topological polar surface area (TPSA) is 83.9 Å². The van der Waals surface area contributed by atoms with Gasteiger partial charge in [0.15, 0.2) is 5.84 Å². The van der Waals surface area contributed by atoms with Gasteiger partial charge in [0, 0.05) is 23.4 Å². The number of halogens is 1. The van der Waals surface area contributed by atoms with Crippen LogP contribution in [0.5, 0.6) is 0 Å². The van der Waals surface area contributed by atoms with Crippen molar-refractivity contribution in [2.24, 2.45) is 4.40 Å². The first-order valence-electron chi connectivity index (χ1n) is 7.40. The van der Waals surface area contributed by atoms with E-state index in [0.717, 1.165) is 4.90 Å². The second-order valence-corrected chi connectivity index (χ2v) is 7.37. The Morgan fingerprint density at radius 3 is 2.04 bits per heavy atom. The minimum atomic E-state index is -4.13. The molecule has 25 heavy (non-hydrogen) atoms. The average molecular weight is 377 g/mol. The number of likely N-dealkylation sites (tertiary alicyclic amines) is 1. The average Bonchev–Trinajstić information content (AvgIpc) is 2.93. The van der Waals surface area contributed by atoms with Gasteiger partial charge in [-0.05, 0) is 24.3 Å². The minimum Gasteiger partial charge on any atom is -0.274 e. The Morgan fingerprint density at radius 2 is 1.48 bits per heavy atom. The molecule has 2 aromatic carbocycles. The number of benzene rings is 2. The van der Waals surface area contributed by atoms with E-state index in [4.69, 9.17) is 11.6 Å². The molecule has 0 spiro atoms. The smallest absolute Gasteiger partial charge is 0.274 e. The maximum absolute atomic E-state index is 12.6. The zero-order chi connectivity index (χ0) is 18.0. The summed E-state index contributed by atoms with van der Waals surface area (Å²) in [7, 11) is -4.13. The van der Waals surface area contributed by atoms with Gasteiger partial charge in [-0.15, -0.1) is 4.40 Å². The first kappa shape index (κ1) is 17.3. The van der Waals surface area contributed by atoms with Gasteiger partial charge in [-0.25, -0.2) is 4.90 Å². The molecule has 1 aliphatic heterocycles. The van der Waals surface area contributed by atoms with Crippen molar-refractivity contribution in [3.8, 4) is 0 Å². The number of amidine groups is 1. The van der Waals surface area contributed by atoms with Crippen molar-refractivity contribution in [3.63, 3.8) is 0 Å². The number of hydrogen-bond acceptors (Lipinski definition) is 4. The van der Waals surface area contributed by atoms with Crippen molar-refractivity contribution in [1.29, 1.82) is 0 Å². The molecule has 0 saturated carbocycles. The van der Waals surface area contributed by atoms with Gasteiger partial charge >= 0.3 is 0 Å². The lowest BCUT2D eigenvalue weighted by atomic mass is 10.2. The van der Waals surface area contributed by atoms with E-state index in [1.165, 1.54) is 24.3 Å². The monoisotopic (exact) mass is 376 g/mol. The van der Waals surface area contributed by atoms with E-state index in [1.54, 1.807) is 30.3 Å². The number of rotatable bonds is 3. The molecule has 0 bridgehead atoms. The van der Waals surface area contributed by atoms with E-state index in [1.807, 2.05) is 0 Å². The molecule has 1 heterocycles. The van der Waals surface area contributed by atoms with Gasteiger partial charge in [-0.2, -0.15) is 8.42 Å². The summed E-state index contributed by atoms with van der Waals surface area (Å²) in [5.74, 6) is -1.14. The minimum absolute atomic E-state index is 0.0334. The summed E-state index contributed by atoms with van der Waals surface area (Å²) in [5, 5.41) is 0.385. The summed E-state index contributed by atoms with van der Waals surface area (Å²) in [6, 6.07) is 13.8. The zero-order valence-electron chi connectivity index (χ0n) is 12.9. The standard InChI is InChI=1S/C17H13ClN2O4S/c18-13-6-8-14(9-7-13)25(23,24)19-17(12-4-2-1-3-5-12)20-15(21)10-11-16(20)22/h1-9H,10-11H2. The summed E-state index contributed by atoms with van der Waals surface area (Å²) in [5.41, 5.74) is 0.364. The van der Waals surface area contributed by atoms with Crippen LogP contribution in [0, 0.1) is 0 Å². The van der Waals surface area contributed by atoms with Crippen molar-refractivity contribution in [1.82, 2.24) is 4.90 Å². The first-order chi connectivity index (χ1) is 11.9. The van der Waals surface area contributed by atoms with Crippen molar-refractivity contribution in [2.75, 3.05) is 0 Å². The lowest BCUT2D eigenvalue weighted by Gasteiger charge is -2.16. The van der Waals surface area contributed by atoms with Gasteiger partial charge in [0.2, 0.25) is 11.8 Å². The van der Waals surface area contributed by atoms with Gasteiger partial charge in [0.1, 0.15) is 0 Å². The highest BCUT2D eigenvalue weighted by atomic mass is 35.5. The molecular weight excluding hydrogens is 364 g/mol. The maximum atomic E-state index is 12.6. The molecule has 6 nitrogen and oxygen atoms in total. The van der Waals surface area contributed by atoms with Crippen LogP contribution in [0.15, 0.2) is 63.9 Å². The Balaban J connectivity index is 2.14. The van der Waals surface area contributed by atoms with E-state index in [0.29, 0.717) is 10.6 Å². The lowest BCUT2D eigenvalue weighted by molar-refractivity contribution is -0.133. The Bertz CT molecular complexity index is 938. The molecule has 0 aromatic heterocycles. The summed E-state index contributed by atoms with van der Waals surface area (Å²) >= 11 is 5.78. The number of amides is 2. The highest BCUT2D eigenvalue weighted by Crippen LogP contribution is 2.21. The molecule has 0 atom stereocenters. The molecule has 0 N–H and O–H groups in total. The Hall–Kier alpha value is -2.51. The highest BCUT2D eigenvalue weighted by molar-refractivity contribution is 7.90. The molecule has 2 aromatic rings. The fourth-order valence-corrected chi connectivity index (χ4v) is 3.52. The maximum Gasteiger partial charge on any atom is 0.284 e. The normalized spacial score (nSPS) is 15.7. The Kier molecular flexibility index (Phi) is 4.69. The van der Waals surface area contributed by atoms with Crippen LogP contribution in [0.1, 0.15) is 18.4 Å². The van der Waals surface area contributed by atoms with Gasteiger partial charge in [-0.3, -0.25) is 9.59 Å². The largest absolute Gasteiger partial charge is 0.284 e. The molecular formula is C17H13ClN2O4S. The molecule has 1 aliphatic rings. The summed E-state index contributed by atoms with van der Waals surface area (Å²) in [4.78, 5) is 24.9. The lowest BCUT2D eigenvalue weighted by Crippen LogP contribution is -2.36. The van der Waals surface area contributed by atoms with Crippen LogP contribution >= 0.6 is 11.6 Å². The molecule has 0 unspecified atom stereocenters. The van der Waals surface area contributed by atoms with Crippen molar-refractivity contribution >= 4 is 39.3 Å². The number of imide groups is 1. The van der Waals surface area contributed by atoms with Crippen LogP contribution in [-0.2, 0) is 19.6 Å². The number of carbonyl (C=O) groups is 2. The van der Waals surface area contributed by atoms with Gasteiger partial charge < -0.3 is 0 Å². The molecule has 128 valence electrons. The third kappa shape index (κ3) is 3.62. The molecule has 8 heteroatoms. The van der Waals surface area contributed by atoms with Crippen molar-refractivity contribution in [2.45, 2.75) is 17.7 Å². The number of hydrogen-bond donors (Lipinski definition) is 0. The Morgan fingerprint density at radius 1 is 0.920 bits per heavy atom. The fraction of sp³-hybridized carbons (Fsp3) is 0.118. The molecule has 1 fully saturated rings. The SMILES string of the molecule is O=C1CCC(=O)N1C(=NS(=O)(=O)c1ccc(Cl)cc1)c1ccccc1. The van der Waals surface area contributed by atoms with E-state index in [-0.39, 0.29) is 23.6 Å². The van der Waals surface area contributed by atoms with Crippen LogP contribution in [0.2, 0.25) is 5.02 Å². The molecule has 2 amide bonds. The first-order valence-corrected chi connectivity index (χ1v) is 9.22. The van der Waals surface area contributed by atoms with Crippen LogP contribution in [0.4, 0.5) is 0 Å². The van der Waals surface area contributed by atoms with Crippen LogP contribution < -0.4 is 0 Å². The van der Waals surface area contributed by atoms with Crippen molar-refractivity contribution in [3.05, 3.63) is 65.2 Å². The summed E-state index contributed by atoms with van der Waals surface area (Å²) < 4.78 is 29.0. The predicted octanol–water partition coefficient (Wildman–Crippen LogP) is 2.62. The number of sulfonamides is 1. The van der Waals surface area contributed by atoms with E-state index >= 15 is 0 Å². The molecule has 0 radical (unpaired) electrons. The zero-order valence-corrected chi connectivity index (χ0v) is 14.5. The van der Waals surface area contributed by atoms with Crippen molar-refractivity contribution < 1.29 is 18.0 Å². The van der Waals surface area contributed by atoms with Crippen LogP contribution in [0.25, 0.3) is 0 Å². The molecule has 0 aliphatic carbocycles. The summed E-state index contributed by atoms with van der Waals surface area (Å²) in [6.45, 7) is 0. The third-order valence-corrected chi connectivity index (χ3v) is 5.15. The van der Waals surface area contributed by atoms with Gasteiger partial charge in [-0.1, -0.05) is 41.9 Å². The second-order valence-electron chi connectivity index (χ2n) is 5.33. The van der Waals surface area contributed by atoms with E-state index in [9.17, 15) is 18.0 Å². The predicted molar refractivity (Wildman–Crippen MR) is 92.7 cm³/mol. The number of carbonyl (C=O) groups excluding carboxylic acids is 2. The third-order valence-electron chi connectivity index (χ3n) is 3.61. The quantitative estimate of drug-likeness (QED) is 0.468.